The minimum absolute atomic E-state index is 0.137. The quantitative estimate of drug-likeness (QED) is 0.288. The Labute approximate surface area is 180 Å². The molecule has 0 heterocycles. The summed E-state index contributed by atoms with van der Waals surface area (Å²) in [6, 6.07) is 23.8. The van der Waals surface area contributed by atoms with Crippen LogP contribution in [0.2, 0.25) is 0 Å². The first kappa shape index (κ1) is 28.0. The predicted octanol–water partition coefficient (Wildman–Crippen LogP) is 3.86. The largest absolute Gasteiger partial charge is 0.466 e. The Kier molecular flexibility index (Phi) is 13.0. The lowest BCUT2D eigenvalue weighted by atomic mass is 10.3. The van der Waals surface area contributed by atoms with Crippen molar-refractivity contribution in [2.75, 3.05) is 0 Å². The second kappa shape index (κ2) is 14.9. The number of nitro groups is 3. The average Bonchev–Trinajstić information content (AvgIpc) is 2.75. The van der Waals surface area contributed by atoms with Gasteiger partial charge in [0, 0.05) is 36.4 Å². The fourth-order valence-corrected chi connectivity index (χ4v) is 1.65. The summed E-state index contributed by atoms with van der Waals surface area (Å²) in [5, 5.41) is 30.0. The number of hydrogen-bond acceptors (Lipinski definition) is 7. The van der Waals surface area contributed by atoms with Crippen LogP contribution in [0, 0.1) is 30.3 Å². The normalized spacial score (nSPS) is 9.34. The standard InChI is InChI=1S/3C6H5NO2.H3O4P/c3*8-7(9)6-4-2-1-3-5-6;1-5(2,3)4/h3*1-5H;(H3,1,2,3,4). The molecule has 3 N–H and O–H groups in total. The zero-order valence-electron chi connectivity index (χ0n) is 16.1. The average molecular weight is 467 g/mol. The Bertz CT molecular complexity index is 889. The lowest BCUT2D eigenvalue weighted by Crippen LogP contribution is -1.84. The first-order valence-electron chi connectivity index (χ1n) is 8.28. The topological polar surface area (TPSA) is 207 Å². The van der Waals surface area contributed by atoms with Gasteiger partial charge in [-0.15, -0.1) is 0 Å². The van der Waals surface area contributed by atoms with Crippen molar-refractivity contribution in [3.8, 4) is 0 Å². The van der Waals surface area contributed by atoms with E-state index in [0.717, 1.165) is 0 Å². The van der Waals surface area contributed by atoms with Gasteiger partial charge in [0.05, 0.1) is 14.8 Å². The van der Waals surface area contributed by atoms with E-state index in [1.54, 1.807) is 54.6 Å². The minimum atomic E-state index is -4.64. The van der Waals surface area contributed by atoms with Gasteiger partial charge in [-0.2, -0.15) is 0 Å². The van der Waals surface area contributed by atoms with Crippen LogP contribution >= 0.6 is 7.82 Å². The van der Waals surface area contributed by atoms with Crippen molar-refractivity contribution in [1.29, 1.82) is 0 Å². The van der Waals surface area contributed by atoms with Crippen LogP contribution in [0.3, 0.4) is 0 Å². The molecular weight excluding hydrogens is 449 g/mol. The first-order valence-corrected chi connectivity index (χ1v) is 9.85. The molecule has 14 heteroatoms. The monoisotopic (exact) mass is 467 g/mol. The summed E-state index contributed by atoms with van der Waals surface area (Å²) in [6.45, 7) is 0. The summed E-state index contributed by atoms with van der Waals surface area (Å²) >= 11 is 0. The van der Waals surface area contributed by atoms with Gasteiger partial charge in [-0.1, -0.05) is 54.6 Å². The number of phosphoric acid groups is 1. The summed E-state index contributed by atoms with van der Waals surface area (Å²) in [6.07, 6.45) is 0. The third-order valence-corrected chi connectivity index (χ3v) is 2.90. The summed E-state index contributed by atoms with van der Waals surface area (Å²) in [7, 11) is -4.64. The van der Waals surface area contributed by atoms with E-state index < -0.39 is 22.6 Å². The molecule has 0 radical (unpaired) electrons. The molecule has 0 amide bonds. The van der Waals surface area contributed by atoms with Gasteiger partial charge in [-0.25, -0.2) is 4.57 Å². The zero-order chi connectivity index (χ0) is 24.6. The zero-order valence-corrected chi connectivity index (χ0v) is 17.0. The number of nitrogens with zero attached hydrogens (tertiary/aromatic N) is 3. The number of hydrogen-bond donors (Lipinski definition) is 3. The summed E-state index contributed by atoms with van der Waals surface area (Å²) in [4.78, 5) is 50.3. The van der Waals surface area contributed by atoms with E-state index in [1.165, 1.54) is 36.4 Å². The minimum Gasteiger partial charge on any atom is -0.303 e. The molecule has 0 unspecified atom stereocenters. The summed E-state index contributed by atoms with van der Waals surface area (Å²) in [5.74, 6) is 0. The third kappa shape index (κ3) is 15.8. The third-order valence-electron chi connectivity index (χ3n) is 2.90. The van der Waals surface area contributed by atoms with Crippen LogP contribution in [0.5, 0.6) is 0 Å². The fraction of sp³-hybridized carbons (Fsp3) is 0. The van der Waals surface area contributed by atoms with Gasteiger partial charge < -0.3 is 14.7 Å². The van der Waals surface area contributed by atoms with Crippen molar-refractivity contribution in [1.82, 2.24) is 0 Å². The Morgan fingerprint density at radius 1 is 0.500 bits per heavy atom. The maximum atomic E-state index is 10.0. The van der Waals surface area contributed by atoms with Crippen molar-refractivity contribution in [3.05, 3.63) is 121 Å². The highest BCUT2D eigenvalue weighted by Gasteiger charge is 2.01. The molecular formula is C18H18N3O10P. The Morgan fingerprint density at radius 2 is 0.656 bits per heavy atom. The molecule has 13 nitrogen and oxygen atoms in total. The highest BCUT2D eigenvalue weighted by atomic mass is 31.2. The van der Waals surface area contributed by atoms with E-state index in [2.05, 4.69) is 0 Å². The second-order valence-electron chi connectivity index (χ2n) is 5.29. The molecule has 170 valence electrons. The molecule has 0 aromatic heterocycles. The van der Waals surface area contributed by atoms with Crippen LogP contribution in [-0.4, -0.2) is 29.5 Å². The Balaban J connectivity index is 0.000000410. The van der Waals surface area contributed by atoms with E-state index in [0.29, 0.717) is 0 Å². The molecule has 0 aliphatic carbocycles. The van der Waals surface area contributed by atoms with Gasteiger partial charge in [0.15, 0.2) is 0 Å². The molecule has 0 atom stereocenters. The van der Waals surface area contributed by atoms with Crippen molar-refractivity contribution in [2.24, 2.45) is 0 Å². The van der Waals surface area contributed by atoms with E-state index in [-0.39, 0.29) is 17.1 Å². The number of non-ortho nitro benzene ring substituents is 3. The van der Waals surface area contributed by atoms with Gasteiger partial charge >= 0.3 is 7.82 Å². The van der Waals surface area contributed by atoms with Crippen LogP contribution in [-0.2, 0) is 4.57 Å². The van der Waals surface area contributed by atoms with Crippen LogP contribution < -0.4 is 0 Å². The predicted molar refractivity (Wildman–Crippen MR) is 114 cm³/mol. The summed E-state index contributed by atoms with van der Waals surface area (Å²) < 4.78 is 8.88. The highest BCUT2D eigenvalue weighted by Crippen LogP contribution is 2.25. The van der Waals surface area contributed by atoms with Crippen LogP contribution in [0.4, 0.5) is 17.1 Å². The number of benzene rings is 3. The molecule has 0 saturated heterocycles. The molecule has 0 bridgehead atoms. The van der Waals surface area contributed by atoms with Gasteiger partial charge in [-0.3, -0.25) is 30.3 Å². The summed E-state index contributed by atoms with van der Waals surface area (Å²) in [5.41, 5.74) is 0.410. The van der Waals surface area contributed by atoms with Crippen molar-refractivity contribution >= 4 is 24.9 Å². The van der Waals surface area contributed by atoms with E-state index in [4.69, 9.17) is 19.2 Å². The maximum absolute atomic E-state index is 10.0. The van der Waals surface area contributed by atoms with Crippen molar-refractivity contribution < 1.29 is 34.0 Å². The van der Waals surface area contributed by atoms with Crippen molar-refractivity contribution in [3.63, 3.8) is 0 Å². The Hall–Kier alpha value is -4.03. The molecule has 0 fully saturated rings. The number of para-hydroxylation sites is 3. The van der Waals surface area contributed by atoms with Gasteiger partial charge in [0.2, 0.25) is 0 Å². The van der Waals surface area contributed by atoms with Crippen LogP contribution in [0.25, 0.3) is 0 Å². The van der Waals surface area contributed by atoms with Crippen molar-refractivity contribution in [2.45, 2.75) is 0 Å². The Morgan fingerprint density at radius 3 is 0.750 bits per heavy atom. The lowest BCUT2D eigenvalue weighted by molar-refractivity contribution is -0.385. The van der Waals surface area contributed by atoms with Gasteiger partial charge in [-0.05, 0) is 0 Å². The smallest absolute Gasteiger partial charge is 0.303 e. The number of nitro benzene ring substituents is 3. The molecule has 3 aromatic rings. The molecule has 0 aliphatic heterocycles. The molecule has 0 saturated carbocycles. The molecule has 0 aliphatic rings. The molecule has 3 rings (SSSR count). The van der Waals surface area contributed by atoms with E-state index >= 15 is 0 Å². The molecule has 3 aromatic carbocycles. The molecule has 0 spiro atoms. The van der Waals surface area contributed by atoms with Gasteiger partial charge in [0.1, 0.15) is 0 Å². The van der Waals surface area contributed by atoms with E-state index in [1.807, 2.05) is 0 Å². The lowest BCUT2D eigenvalue weighted by Gasteiger charge is -1.85. The van der Waals surface area contributed by atoms with Crippen LogP contribution in [0.1, 0.15) is 0 Å². The molecule has 32 heavy (non-hydrogen) atoms. The van der Waals surface area contributed by atoms with E-state index in [9.17, 15) is 30.3 Å². The SMILES string of the molecule is O=P(O)(O)O.O=[N+]([O-])c1ccccc1.O=[N+]([O-])c1ccccc1.O=[N+]([O-])c1ccccc1. The second-order valence-corrected chi connectivity index (χ2v) is 6.32. The number of rotatable bonds is 3. The van der Waals surface area contributed by atoms with Crippen LogP contribution in [0.15, 0.2) is 91.0 Å². The fourth-order valence-electron chi connectivity index (χ4n) is 1.65. The first-order chi connectivity index (χ1) is 14.9. The highest BCUT2D eigenvalue weighted by molar-refractivity contribution is 7.45. The van der Waals surface area contributed by atoms with Gasteiger partial charge in [0.25, 0.3) is 17.1 Å². The maximum Gasteiger partial charge on any atom is 0.466 e.